The van der Waals surface area contributed by atoms with Crippen LogP contribution in [-0.4, -0.2) is 51.9 Å². The number of imidazole rings is 1. The summed E-state index contributed by atoms with van der Waals surface area (Å²) in [5.41, 5.74) is 3.41. The van der Waals surface area contributed by atoms with Crippen molar-refractivity contribution in [2.24, 2.45) is 5.92 Å². The summed E-state index contributed by atoms with van der Waals surface area (Å²) in [5.74, 6) is 1.66. The number of nitrogens with zero attached hydrogens (tertiary/aromatic N) is 3. The highest BCUT2D eigenvalue weighted by molar-refractivity contribution is 5.79. The summed E-state index contributed by atoms with van der Waals surface area (Å²) in [6, 6.07) is 6.33. The number of rotatable bonds is 3. The van der Waals surface area contributed by atoms with Gasteiger partial charge in [-0.1, -0.05) is 18.9 Å². The zero-order valence-electron chi connectivity index (χ0n) is 15.8. The summed E-state index contributed by atoms with van der Waals surface area (Å²) < 4.78 is 0. The molecule has 5 heteroatoms. The Morgan fingerprint density at radius 2 is 1.85 bits per heavy atom. The highest BCUT2D eigenvalue weighted by Gasteiger charge is 2.29. The Balaban J connectivity index is 1.32. The molecule has 1 N–H and O–H groups in total. The van der Waals surface area contributed by atoms with Crippen molar-refractivity contribution < 1.29 is 4.79 Å². The van der Waals surface area contributed by atoms with E-state index in [1.807, 2.05) is 0 Å². The summed E-state index contributed by atoms with van der Waals surface area (Å²) in [4.78, 5) is 25.5. The van der Waals surface area contributed by atoms with Crippen LogP contribution in [0.2, 0.25) is 0 Å². The molecule has 5 nitrogen and oxygen atoms in total. The molecule has 2 aromatic rings. The van der Waals surface area contributed by atoms with Gasteiger partial charge >= 0.3 is 0 Å². The fraction of sp³-hybridized carbons (Fsp3) is 0.619. The summed E-state index contributed by atoms with van der Waals surface area (Å²) in [5, 5.41) is 0. The molecule has 0 bridgehead atoms. The van der Waals surface area contributed by atoms with Gasteiger partial charge in [-0.2, -0.15) is 0 Å². The van der Waals surface area contributed by atoms with Gasteiger partial charge in [0.1, 0.15) is 5.82 Å². The smallest absolute Gasteiger partial charge is 0.225 e. The van der Waals surface area contributed by atoms with Crippen molar-refractivity contribution in [1.29, 1.82) is 0 Å². The molecule has 1 amide bonds. The molecule has 2 fully saturated rings. The number of piperidine rings is 1. The zero-order chi connectivity index (χ0) is 17.9. The third-order valence-electron chi connectivity index (χ3n) is 5.91. The predicted octanol–water partition coefficient (Wildman–Crippen LogP) is 3.49. The van der Waals surface area contributed by atoms with Gasteiger partial charge in [0.25, 0.3) is 0 Å². The normalized spacial score (nSPS) is 20.4. The second kappa shape index (κ2) is 7.78. The number of benzene rings is 1. The van der Waals surface area contributed by atoms with E-state index in [-0.39, 0.29) is 5.92 Å². The first-order chi connectivity index (χ1) is 12.7. The van der Waals surface area contributed by atoms with E-state index >= 15 is 0 Å². The molecule has 2 aliphatic rings. The molecular weight excluding hydrogens is 324 g/mol. The quantitative estimate of drug-likeness (QED) is 0.918. The van der Waals surface area contributed by atoms with Crippen molar-refractivity contribution in [2.45, 2.75) is 52.0 Å². The van der Waals surface area contributed by atoms with Crippen LogP contribution in [0.1, 0.15) is 49.9 Å². The molecule has 1 aromatic heterocycles. The van der Waals surface area contributed by atoms with Crippen LogP contribution in [0, 0.1) is 12.8 Å². The Kier molecular flexibility index (Phi) is 5.25. The first kappa shape index (κ1) is 17.5. The third-order valence-corrected chi connectivity index (χ3v) is 5.91. The number of aromatic nitrogens is 2. The van der Waals surface area contributed by atoms with Gasteiger partial charge in [0.05, 0.1) is 17.6 Å². The standard InChI is InChI=1S/C21H30N4O/c1-16-6-7-18-19(14-16)23-20(22-18)15-24-12-8-17(9-13-24)21(26)25-10-4-2-3-5-11-25/h6-7,14,17H,2-5,8-13,15H2,1H3,(H,22,23). The molecule has 3 heterocycles. The molecule has 2 aliphatic heterocycles. The van der Waals surface area contributed by atoms with Crippen LogP contribution >= 0.6 is 0 Å². The van der Waals surface area contributed by atoms with Crippen molar-refractivity contribution in [2.75, 3.05) is 26.2 Å². The molecule has 140 valence electrons. The largest absolute Gasteiger partial charge is 0.342 e. The summed E-state index contributed by atoms with van der Waals surface area (Å²) in [7, 11) is 0. The Labute approximate surface area is 155 Å². The molecule has 0 saturated carbocycles. The molecule has 2 saturated heterocycles. The van der Waals surface area contributed by atoms with Crippen molar-refractivity contribution in [1.82, 2.24) is 19.8 Å². The highest BCUT2D eigenvalue weighted by atomic mass is 16.2. The van der Waals surface area contributed by atoms with Crippen LogP contribution in [0.4, 0.5) is 0 Å². The first-order valence-electron chi connectivity index (χ1n) is 10.2. The van der Waals surface area contributed by atoms with Gasteiger partial charge in [-0.3, -0.25) is 9.69 Å². The van der Waals surface area contributed by atoms with E-state index in [0.29, 0.717) is 5.91 Å². The zero-order valence-corrected chi connectivity index (χ0v) is 15.8. The third kappa shape index (κ3) is 3.93. The fourth-order valence-electron chi connectivity index (χ4n) is 4.35. The Hall–Kier alpha value is -1.88. The lowest BCUT2D eigenvalue weighted by Gasteiger charge is -2.33. The van der Waals surface area contributed by atoms with Crippen LogP contribution in [-0.2, 0) is 11.3 Å². The minimum Gasteiger partial charge on any atom is -0.342 e. The number of fused-ring (bicyclic) bond motifs is 1. The van der Waals surface area contributed by atoms with E-state index in [1.165, 1.54) is 31.2 Å². The monoisotopic (exact) mass is 354 g/mol. The number of aryl methyl sites for hydroxylation is 1. The van der Waals surface area contributed by atoms with E-state index in [1.54, 1.807) is 0 Å². The number of hydrogen-bond donors (Lipinski definition) is 1. The molecule has 26 heavy (non-hydrogen) atoms. The molecule has 0 aliphatic carbocycles. The summed E-state index contributed by atoms with van der Waals surface area (Å²) in [6.45, 7) is 6.86. The second-order valence-corrected chi connectivity index (χ2v) is 7.99. The predicted molar refractivity (Wildman–Crippen MR) is 104 cm³/mol. The molecule has 0 atom stereocenters. The topological polar surface area (TPSA) is 52.2 Å². The van der Waals surface area contributed by atoms with Gasteiger partial charge in [0.15, 0.2) is 0 Å². The maximum Gasteiger partial charge on any atom is 0.225 e. The van der Waals surface area contributed by atoms with E-state index in [4.69, 9.17) is 4.98 Å². The molecule has 0 radical (unpaired) electrons. The second-order valence-electron chi connectivity index (χ2n) is 7.99. The SMILES string of the molecule is Cc1ccc2nc(CN3CCC(C(=O)N4CCCCCC4)CC3)[nH]c2c1. The minimum atomic E-state index is 0.225. The van der Waals surface area contributed by atoms with E-state index in [9.17, 15) is 4.79 Å². The van der Waals surface area contributed by atoms with Crippen LogP contribution in [0.3, 0.4) is 0 Å². The van der Waals surface area contributed by atoms with Gasteiger partial charge in [0.2, 0.25) is 5.91 Å². The van der Waals surface area contributed by atoms with E-state index in [2.05, 4.69) is 39.9 Å². The number of carbonyl (C=O) groups excluding carboxylic acids is 1. The van der Waals surface area contributed by atoms with E-state index in [0.717, 1.165) is 62.4 Å². The average molecular weight is 354 g/mol. The van der Waals surface area contributed by atoms with Gasteiger partial charge in [-0.15, -0.1) is 0 Å². The number of hydrogen-bond acceptors (Lipinski definition) is 3. The van der Waals surface area contributed by atoms with Crippen LogP contribution in [0.15, 0.2) is 18.2 Å². The number of carbonyl (C=O) groups is 1. The lowest BCUT2D eigenvalue weighted by molar-refractivity contribution is -0.137. The average Bonchev–Trinajstić information content (AvgIpc) is 2.85. The minimum absolute atomic E-state index is 0.225. The summed E-state index contributed by atoms with van der Waals surface area (Å²) in [6.07, 6.45) is 6.87. The van der Waals surface area contributed by atoms with E-state index < -0.39 is 0 Å². The Morgan fingerprint density at radius 1 is 1.12 bits per heavy atom. The molecule has 0 unspecified atom stereocenters. The Bertz CT molecular complexity index is 752. The molecule has 0 spiro atoms. The lowest BCUT2D eigenvalue weighted by atomic mass is 9.95. The lowest BCUT2D eigenvalue weighted by Crippen LogP contribution is -2.42. The summed E-state index contributed by atoms with van der Waals surface area (Å²) >= 11 is 0. The maximum absolute atomic E-state index is 12.8. The van der Waals surface area contributed by atoms with Crippen LogP contribution in [0.25, 0.3) is 11.0 Å². The number of H-pyrrole nitrogens is 1. The van der Waals surface area contributed by atoms with Crippen molar-refractivity contribution in [3.63, 3.8) is 0 Å². The number of likely N-dealkylation sites (tertiary alicyclic amines) is 2. The maximum atomic E-state index is 12.8. The van der Waals surface area contributed by atoms with Crippen molar-refractivity contribution >= 4 is 16.9 Å². The van der Waals surface area contributed by atoms with Gasteiger partial charge in [-0.05, 0) is 63.4 Å². The first-order valence-corrected chi connectivity index (χ1v) is 10.2. The van der Waals surface area contributed by atoms with Crippen molar-refractivity contribution in [3.8, 4) is 0 Å². The van der Waals surface area contributed by atoms with Gasteiger partial charge in [0, 0.05) is 19.0 Å². The Morgan fingerprint density at radius 3 is 2.58 bits per heavy atom. The fourth-order valence-corrected chi connectivity index (χ4v) is 4.35. The number of aromatic amines is 1. The van der Waals surface area contributed by atoms with Crippen molar-refractivity contribution in [3.05, 3.63) is 29.6 Å². The molecule has 4 rings (SSSR count). The number of amides is 1. The van der Waals surface area contributed by atoms with Crippen LogP contribution < -0.4 is 0 Å². The number of nitrogens with one attached hydrogen (secondary N) is 1. The van der Waals surface area contributed by atoms with Gasteiger partial charge in [-0.25, -0.2) is 4.98 Å². The molecule has 1 aromatic carbocycles. The van der Waals surface area contributed by atoms with Gasteiger partial charge < -0.3 is 9.88 Å². The highest BCUT2D eigenvalue weighted by Crippen LogP contribution is 2.23. The van der Waals surface area contributed by atoms with Crippen LogP contribution in [0.5, 0.6) is 0 Å². The molecular formula is C21H30N4O.